The van der Waals surface area contributed by atoms with E-state index in [0.29, 0.717) is 0 Å². The lowest BCUT2D eigenvalue weighted by Crippen LogP contribution is -1.94. The van der Waals surface area contributed by atoms with Crippen molar-refractivity contribution in [2.75, 3.05) is 0 Å². The maximum absolute atomic E-state index is 13.3. The van der Waals surface area contributed by atoms with E-state index in [1.165, 1.54) is 0 Å². The lowest BCUT2D eigenvalue weighted by Gasteiger charge is -2.00. The SMILES string of the molecule is Fc1ccc(-c2noc(Cl)c2Cl)c(F)c1F. The van der Waals surface area contributed by atoms with E-state index in [2.05, 4.69) is 9.68 Å². The molecule has 0 saturated heterocycles. The van der Waals surface area contributed by atoms with Crippen molar-refractivity contribution in [3.05, 3.63) is 39.8 Å². The van der Waals surface area contributed by atoms with Crippen LogP contribution in [0.2, 0.25) is 10.2 Å². The average Bonchev–Trinajstić information content (AvgIpc) is 2.58. The number of benzene rings is 1. The second kappa shape index (κ2) is 3.99. The van der Waals surface area contributed by atoms with Gasteiger partial charge in [0.05, 0.1) is 0 Å². The van der Waals surface area contributed by atoms with Crippen LogP contribution in [0.3, 0.4) is 0 Å². The molecule has 0 spiro atoms. The van der Waals surface area contributed by atoms with E-state index in [-0.39, 0.29) is 21.5 Å². The van der Waals surface area contributed by atoms with E-state index in [9.17, 15) is 13.2 Å². The van der Waals surface area contributed by atoms with Gasteiger partial charge in [0.15, 0.2) is 17.5 Å². The Hall–Kier alpha value is -1.20. The Balaban J connectivity index is 2.66. The van der Waals surface area contributed by atoms with Crippen LogP contribution >= 0.6 is 23.2 Å². The molecule has 0 N–H and O–H groups in total. The van der Waals surface area contributed by atoms with Crippen LogP contribution in [0.4, 0.5) is 13.2 Å². The van der Waals surface area contributed by atoms with Gasteiger partial charge in [0.2, 0.25) is 5.22 Å². The normalized spacial score (nSPS) is 10.8. The van der Waals surface area contributed by atoms with Gasteiger partial charge in [0.25, 0.3) is 0 Å². The second-order valence-electron chi connectivity index (χ2n) is 2.84. The van der Waals surface area contributed by atoms with Gasteiger partial charge in [-0.05, 0) is 23.7 Å². The Labute approximate surface area is 97.6 Å². The quantitative estimate of drug-likeness (QED) is 0.729. The molecule has 0 unspecified atom stereocenters. The van der Waals surface area contributed by atoms with Crippen LogP contribution in [0.15, 0.2) is 16.7 Å². The summed E-state index contributed by atoms with van der Waals surface area (Å²) in [7, 11) is 0. The zero-order valence-electron chi connectivity index (χ0n) is 7.40. The van der Waals surface area contributed by atoms with Crippen LogP contribution in [0.25, 0.3) is 11.3 Å². The monoisotopic (exact) mass is 267 g/mol. The van der Waals surface area contributed by atoms with Crippen molar-refractivity contribution in [2.24, 2.45) is 0 Å². The predicted octanol–water partition coefficient (Wildman–Crippen LogP) is 4.07. The third-order valence-electron chi connectivity index (χ3n) is 1.89. The highest BCUT2D eigenvalue weighted by molar-refractivity contribution is 6.42. The van der Waals surface area contributed by atoms with Crippen molar-refractivity contribution in [1.82, 2.24) is 5.16 Å². The van der Waals surface area contributed by atoms with Crippen molar-refractivity contribution in [3.63, 3.8) is 0 Å². The van der Waals surface area contributed by atoms with Gasteiger partial charge in [-0.15, -0.1) is 0 Å². The van der Waals surface area contributed by atoms with E-state index in [1.54, 1.807) is 0 Å². The lowest BCUT2D eigenvalue weighted by molar-refractivity contribution is 0.421. The molecule has 2 nitrogen and oxygen atoms in total. The first-order valence-corrected chi connectivity index (χ1v) is 4.72. The molecule has 1 aromatic heterocycles. The Kier molecular flexibility index (Phi) is 2.82. The molecule has 0 aliphatic heterocycles. The molecule has 1 aromatic carbocycles. The first kappa shape index (κ1) is 11.3. The Morgan fingerprint density at radius 2 is 1.75 bits per heavy atom. The van der Waals surface area contributed by atoms with Gasteiger partial charge >= 0.3 is 0 Å². The summed E-state index contributed by atoms with van der Waals surface area (Å²) in [5, 5.41) is 2.94. The number of hydrogen-bond donors (Lipinski definition) is 0. The molecule has 0 bridgehead atoms. The van der Waals surface area contributed by atoms with Gasteiger partial charge in [-0.25, -0.2) is 13.2 Å². The molecule has 0 aliphatic rings. The van der Waals surface area contributed by atoms with Gasteiger partial charge in [-0.3, -0.25) is 0 Å². The lowest BCUT2D eigenvalue weighted by atomic mass is 10.1. The van der Waals surface area contributed by atoms with Crippen molar-refractivity contribution in [2.45, 2.75) is 0 Å². The van der Waals surface area contributed by atoms with E-state index in [1.807, 2.05) is 0 Å². The van der Waals surface area contributed by atoms with Crippen LogP contribution in [-0.2, 0) is 0 Å². The minimum absolute atomic E-state index is 0.161. The summed E-state index contributed by atoms with van der Waals surface area (Å²) in [5.74, 6) is -4.30. The Morgan fingerprint density at radius 3 is 2.31 bits per heavy atom. The minimum atomic E-state index is -1.60. The topological polar surface area (TPSA) is 26.0 Å². The van der Waals surface area contributed by atoms with Gasteiger partial charge in [0, 0.05) is 5.56 Å². The van der Waals surface area contributed by atoms with Crippen molar-refractivity contribution in [1.29, 1.82) is 0 Å². The highest BCUT2D eigenvalue weighted by Crippen LogP contribution is 2.35. The van der Waals surface area contributed by atoms with Crippen LogP contribution in [0.1, 0.15) is 0 Å². The first-order chi connectivity index (χ1) is 7.52. The molecule has 0 atom stereocenters. The summed E-state index contributed by atoms with van der Waals surface area (Å²) < 4.78 is 43.4. The van der Waals surface area contributed by atoms with Crippen LogP contribution in [0.5, 0.6) is 0 Å². The van der Waals surface area contributed by atoms with Crippen LogP contribution in [-0.4, -0.2) is 5.16 Å². The zero-order chi connectivity index (χ0) is 11.9. The van der Waals surface area contributed by atoms with Crippen LogP contribution < -0.4 is 0 Å². The Morgan fingerprint density at radius 1 is 1.06 bits per heavy atom. The van der Waals surface area contributed by atoms with E-state index < -0.39 is 17.5 Å². The fourth-order valence-corrected chi connectivity index (χ4v) is 1.43. The molecule has 2 aromatic rings. The third-order valence-corrected chi connectivity index (χ3v) is 2.59. The Bertz CT molecular complexity index is 556. The number of rotatable bonds is 1. The standard InChI is InChI=1S/C9H2Cl2F3NO/c10-5-8(15-16-9(5)11)3-1-2-4(12)7(14)6(3)13/h1-2H. The molecular formula is C9H2Cl2F3NO. The summed E-state index contributed by atoms with van der Waals surface area (Å²) in [6.45, 7) is 0. The van der Waals surface area contributed by atoms with Gasteiger partial charge in [-0.2, -0.15) is 0 Å². The van der Waals surface area contributed by atoms with Gasteiger partial charge < -0.3 is 4.52 Å². The number of halogens is 5. The molecule has 2 rings (SSSR count). The molecule has 16 heavy (non-hydrogen) atoms. The summed E-state index contributed by atoms with van der Waals surface area (Å²) >= 11 is 11.1. The summed E-state index contributed by atoms with van der Waals surface area (Å²) in [5.41, 5.74) is -0.498. The highest BCUT2D eigenvalue weighted by Gasteiger charge is 2.21. The molecule has 1 heterocycles. The van der Waals surface area contributed by atoms with Crippen molar-refractivity contribution in [3.8, 4) is 11.3 Å². The molecule has 0 aliphatic carbocycles. The van der Waals surface area contributed by atoms with E-state index in [0.717, 1.165) is 12.1 Å². The first-order valence-electron chi connectivity index (χ1n) is 3.97. The molecular weight excluding hydrogens is 266 g/mol. The average molecular weight is 268 g/mol. The second-order valence-corrected chi connectivity index (χ2v) is 3.56. The highest BCUT2D eigenvalue weighted by atomic mass is 35.5. The van der Waals surface area contributed by atoms with E-state index in [4.69, 9.17) is 23.2 Å². The summed E-state index contributed by atoms with van der Waals surface area (Å²) in [6, 6.07) is 1.75. The molecule has 84 valence electrons. The van der Waals surface area contributed by atoms with Gasteiger partial charge in [0.1, 0.15) is 10.7 Å². The molecule has 0 amide bonds. The summed E-state index contributed by atoms with van der Waals surface area (Å²) in [4.78, 5) is 0. The molecule has 0 radical (unpaired) electrons. The molecule has 0 saturated carbocycles. The zero-order valence-corrected chi connectivity index (χ0v) is 8.91. The van der Waals surface area contributed by atoms with Crippen LogP contribution in [0, 0.1) is 17.5 Å². The molecule has 7 heteroatoms. The summed E-state index contributed by atoms with van der Waals surface area (Å²) in [6.07, 6.45) is 0. The molecule has 0 fully saturated rings. The maximum atomic E-state index is 13.3. The fourth-order valence-electron chi connectivity index (χ4n) is 1.14. The number of aromatic nitrogens is 1. The smallest absolute Gasteiger partial charge is 0.245 e. The van der Waals surface area contributed by atoms with Gasteiger partial charge in [-0.1, -0.05) is 16.8 Å². The number of nitrogens with zero attached hydrogens (tertiary/aromatic N) is 1. The maximum Gasteiger partial charge on any atom is 0.245 e. The minimum Gasteiger partial charge on any atom is -0.342 e. The number of hydrogen-bond acceptors (Lipinski definition) is 2. The van der Waals surface area contributed by atoms with Crippen molar-refractivity contribution < 1.29 is 17.7 Å². The van der Waals surface area contributed by atoms with E-state index >= 15 is 0 Å². The van der Waals surface area contributed by atoms with Crippen molar-refractivity contribution >= 4 is 23.2 Å². The largest absolute Gasteiger partial charge is 0.342 e. The third kappa shape index (κ3) is 1.66. The fraction of sp³-hybridized carbons (Fsp3) is 0. The predicted molar refractivity (Wildman–Crippen MR) is 51.8 cm³/mol.